The monoisotopic (exact) mass is 702 g/mol. The Kier molecular flexibility index (Phi) is 9.54. The lowest BCUT2D eigenvalue weighted by molar-refractivity contribution is 0.401. The molecule has 0 saturated heterocycles. The second kappa shape index (κ2) is 12.8. The van der Waals surface area contributed by atoms with E-state index < -0.39 is 0 Å². The van der Waals surface area contributed by atoms with Crippen LogP contribution in [0.4, 0.5) is 0 Å². The first kappa shape index (κ1) is 27.5. The Bertz CT molecular complexity index is 1340. The van der Waals surface area contributed by atoms with E-state index in [0.29, 0.717) is 0 Å². The number of fused-ring (bicyclic) bond motifs is 4. The molecule has 0 aliphatic heterocycles. The normalized spacial score (nSPS) is 13.7. The third-order valence-electron chi connectivity index (χ3n) is 7.92. The summed E-state index contributed by atoms with van der Waals surface area (Å²) in [6.45, 7) is 0. The van der Waals surface area contributed by atoms with Crippen LogP contribution in [-0.2, 0) is 5.41 Å². The zero-order valence-electron chi connectivity index (χ0n) is 21.1. The smallest absolute Gasteiger partial charge is 0.119 e. The topological polar surface area (TPSA) is 25.8 Å². The van der Waals surface area contributed by atoms with Crippen molar-refractivity contribution in [1.82, 2.24) is 8.75 Å². The Morgan fingerprint density at radius 3 is 1.97 bits per heavy atom. The highest BCUT2D eigenvalue weighted by Gasteiger charge is 2.42. The number of halogens is 3. The molecular formula is C31H33Br3N2S. The fourth-order valence-electron chi connectivity index (χ4n) is 6.11. The van der Waals surface area contributed by atoms with Crippen molar-refractivity contribution in [3.8, 4) is 22.3 Å². The van der Waals surface area contributed by atoms with Gasteiger partial charge in [0.2, 0.25) is 0 Å². The maximum Gasteiger partial charge on any atom is 0.119 e. The van der Waals surface area contributed by atoms with E-state index in [-0.39, 0.29) is 5.41 Å². The molecule has 2 nitrogen and oxygen atoms in total. The number of benzene rings is 3. The highest BCUT2D eigenvalue weighted by atomic mass is 79.9. The Balaban J connectivity index is 1.57. The zero-order chi connectivity index (χ0) is 25.7. The van der Waals surface area contributed by atoms with Crippen LogP contribution in [0.15, 0.2) is 59.1 Å². The molecule has 5 rings (SSSR count). The van der Waals surface area contributed by atoms with Gasteiger partial charge in [-0.05, 0) is 81.6 Å². The average Bonchev–Trinajstić information content (AvgIpc) is 3.52. The van der Waals surface area contributed by atoms with Crippen molar-refractivity contribution in [2.45, 2.75) is 69.6 Å². The first-order chi connectivity index (χ1) is 18.2. The fraction of sp³-hybridized carbons (Fsp3) is 0.419. The minimum atomic E-state index is 0.0829. The van der Waals surface area contributed by atoms with Crippen LogP contribution in [0.2, 0.25) is 0 Å². The molecule has 1 aromatic heterocycles. The summed E-state index contributed by atoms with van der Waals surface area (Å²) in [6, 6.07) is 20.7. The molecule has 0 radical (unpaired) electrons. The van der Waals surface area contributed by atoms with Gasteiger partial charge in [-0.15, -0.1) is 0 Å². The van der Waals surface area contributed by atoms with Crippen molar-refractivity contribution in [1.29, 1.82) is 0 Å². The maximum absolute atomic E-state index is 4.67. The molecule has 4 aromatic rings. The number of aromatic nitrogens is 2. The second-order valence-corrected chi connectivity index (χ2v) is 13.1. The predicted octanol–water partition coefficient (Wildman–Crippen LogP) is 11.1. The zero-order valence-corrected chi connectivity index (χ0v) is 26.7. The van der Waals surface area contributed by atoms with Crippen molar-refractivity contribution in [3.05, 3.63) is 70.2 Å². The van der Waals surface area contributed by atoms with Crippen molar-refractivity contribution in [3.63, 3.8) is 0 Å². The van der Waals surface area contributed by atoms with Crippen LogP contribution in [-0.4, -0.2) is 19.4 Å². The molecule has 37 heavy (non-hydrogen) atoms. The first-order valence-corrected chi connectivity index (χ1v) is 17.2. The molecule has 1 aliphatic carbocycles. The van der Waals surface area contributed by atoms with Gasteiger partial charge in [0.25, 0.3) is 0 Å². The molecule has 0 fully saturated rings. The van der Waals surface area contributed by atoms with Gasteiger partial charge in [0.15, 0.2) is 0 Å². The van der Waals surface area contributed by atoms with Gasteiger partial charge in [-0.3, -0.25) is 0 Å². The average molecular weight is 705 g/mol. The van der Waals surface area contributed by atoms with Crippen LogP contribution in [0.3, 0.4) is 0 Å². The van der Waals surface area contributed by atoms with Gasteiger partial charge in [-0.2, -0.15) is 8.75 Å². The molecule has 6 heteroatoms. The fourth-order valence-corrected chi connectivity index (χ4v) is 8.00. The molecule has 0 amide bonds. The summed E-state index contributed by atoms with van der Waals surface area (Å²) in [5.74, 6) is 0. The van der Waals surface area contributed by atoms with Crippen LogP contribution >= 0.6 is 59.5 Å². The molecular weight excluding hydrogens is 672 g/mol. The molecule has 0 N–H and O–H groups in total. The number of hydrogen-bond acceptors (Lipinski definition) is 3. The molecule has 0 unspecified atom stereocenters. The number of rotatable bonds is 13. The van der Waals surface area contributed by atoms with Crippen molar-refractivity contribution in [2.75, 3.05) is 10.7 Å². The van der Waals surface area contributed by atoms with Crippen LogP contribution in [0.1, 0.15) is 75.3 Å². The van der Waals surface area contributed by atoms with Crippen molar-refractivity contribution >= 4 is 70.6 Å². The lowest BCUT2D eigenvalue weighted by Gasteiger charge is -2.33. The van der Waals surface area contributed by atoms with Crippen LogP contribution < -0.4 is 0 Å². The van der Waals surface area contributed by atoms with Crippen LogP contribution in [0.5, 0.6) is 0 Å². The Labute approximate surface area is 250 Å². The lowest BCUT2D eigenvalue weighted by atomic mass is 9.70. The number of nitrogens with zero attached hydrogens (tertiary/aromatic N) is 2. The third kappa shape index (κ3) is 5.64. The molecule has 0 spiro atoms. The summed E-state index contributed by atoms with van der Waals surface area (Å²) in [5.41, 5.74) is 10.4. The third-order valence-corrected chi connectivity index (χ3v) is 10.2. The molecule has 3 aromatic carbocycles. The Hall–Kier alpha value is -1.08. The van der Waals surface area contributed by atoms with E-state index in [2.05, 4.69) is 111 Å². The number of hydrogen-bond donors (Lipinski definition) is 0. The molecule has 0 atom stereocenters. The van der Waals surface area contributed by atoms with Crippen LogP contribution in [0, 0.1) is 0 Å². The molecule has 0 saturated carbocycles. The van der Waals surface area contributed by atoms with Crippen molar-refractivity contribution < 1.29 is 0 Å². The van der Waals surface area contributed by atoms with Gasteiger partial charge in [0, 0.05) is 26.1 Å². The van der Waals surface area contributed by atoms with E-state index in [0.717, 1.165) is 26.2 Å². The van der Waals surface area contributed by atoms with E-state index in [1.165, 1.54) is 104 Å². The summed E-state index contributed by atoms with van der Waals surface area (Å²) in [5, 5.41) is 2.21. The molecule has 0 bridgehead atoms. The summed E-state index contributed by atoms with van der Waals surface area (Å²) < 4.78 is 10.2. The number of unbranched alkanes of at least 4 members (excludes halogenated alkanes) is 6. The minimum absolute atomic E-state index is 0.0829. The minimum Gasteiger partial charge on any atom is -0.172 e. The molecule has 194 valence electrons. The van der Waals surface area contributed by atoms with E-state index in [1.54, 1.807) is 5.56 Å². The largest absolute Gasteiger partial charge is 0.172 e. The van der Waals surface area contributed by atoms with E-state index in [4.69, 9.17) is 0 Å². The summed E-state index contributed by atoms with van der Waals surface area (Å²) in [6.07, 6.45) is 12.7. The van der Waals surface area contributed by atoms with Gasteiger partial charge in [0.05, 0.1) is 11.7 Å². The maximum atomic E-state index is 4.67. The van der Waals surface area contributed by atoms with Gasteiger partial charge < -0.3 is 0 Å². The quantitative estimate of drug-likeness (QED) is 0.102. The lowest BCUT2D eigenvalue weighted by Crippen LogP contribution is -2.25. The molecule has 1 aliphatic rings. The highest BCUT2D eigenvalue weighted by Crippen LogP contribution is 2.55. The second-order valence-electron chi connectivity index (χ2n) is 10.2. The summed E-state index contributed by atoms with van der Waals surface area (Å²) >= 11 is 12.2. The predicted molar refractivity (Wildman–Crippen MR) is 171 cm³/mol. The van der Waals surface area contributed by atoms with Gasteiger partial charge >= 0.3 is 0 Å². The van der Waals surface area contributed by atoms with E-state index in [9.17, 15) is 0 Å². The molecule has 1 heterocycles. The van der Waals surface area contributed by atoms with Crippen molar-refractivity contribution in [2.24, 2.45) is 0 Å². The summed E-state index contributed by atoms with van der Waals surface area (Å²) in [7, 11) is 0. The summed E-state index contributed by atoms with van der Waals surface area (Å²) in [4.78, 5) is 0. The standard InChI is InChI=1S/C31H33Br3N2S/c32-19-9-3-1-7-17-31(18-8-2-4-10-20-33)26-12-6-5-11-24(26)25-14-13-22(21-27(25)31)23-15-16-28(34)30-29(23)35-37-36-30/h5-6,11-16,21H,1-4,7-10,17-20H2. The highest BCUT2D eigenvalue weighted by molar-refractivity contribution is 9.10. The Morgan fingerprint density at radius 1 is 0.622 bits per heavy atom. The van der Waals surface area contributed by atoms with E-state index >= 15 is 0 Å². The first-order valence-electron chi connectivity index (χ1n) is 13.5. The Morgan fingerprint density at radius 2 is 1.24 bits per heavy atom. The number of alkyl halides is 2. The van der Waals surface area contributed by atoms with E-state index in [1.807, 2.05) is 0 Å². The van der Waals surface area contributed by atoms with Crippen LogP contribution in [0.25, 0.3) is 33.3 Å². The van der Waals surface area contributed by atoms with Gasteiger partial charge in [-0.25, -0.2) is 0 Å². The van der Waals surface area contributed by atoms with Gasteiger partial charge in [0.1, 0.15) is 11.0 Å². The van der Waals surface area contributed by atoms with Gasteiger partial charge in [-0.1, -0.05) is 113 Å². The SMILES string of the molecule is BrCCCCCCC1(CCCCCCBr)c2ccccc2-c2ccc(-c3ccc(Br)c4nsnc34)cc21.